The minimum Gasteiger partial charge on any atom is -0.366 e. The Morgan fingerprint density at radius 2 is 2.00 bits per heavy atom. The summed E-state index contributed by atoms with van der Waals surface area (Å²) in [6.07, 6.45) is 6.33. The maximum atomic E-state index is 8.69. The first-order valence-electron chi connectivity index (χ1n) is 6.40. The first-order valence-corrected chi connectivity index (χ1v) is 6.40. The van der Waals surface area contributed by atoms with E-state index >= 15 is 0 Å². The second-order valence-electron chi connectivity index (χ2n) is 4.75. The number of nitrogens with zero attached hydrogens (tertiary/aromatic N) is 3. The van der Waals surface area contributed by atoms with E-state index in [0.717, 1.165) is 25.1 Å². The number of anilines is 1. The van der Waals surface area contributed by atoms with Gasteiger partial charge in [-0.05, 0) is 30.4 Å². The average molecular weight is 250 g/mol. The van der Waals surface area contributed by atoms with Gasteiger partial charge in [0, 0.05) is 6.04 Å². The fraction of sp³-hybridized carbons (Fsp3) is 0.267. The molecule has 1 N–H and O–H groups in total. The van der Waals surface area contributed by atoms with Crippen molar-refractivity contribution in [2.45, 2.75) is 25.3 Å². The number of rotatable bonds is 2. The third-order valence-electron chi connectivity index (χ3n) is 3.47. The Kier molecular flexibility index (Phi) is 3.11. The number of fused-ring (bicyclic) bond motifs is 1. The molecule has 0 radical (unpaired) electrons. The highest BCUT2D eigenvalue weighted by Gasteiger charge is 2.18. The Labute approximate surface area is 112 Å². The van der Waals surface area contributed by atoms with Crippen molar-refractivity contribution in [2.24, 2.45) is 0 Å². The quantitative estimate of drug-likeness (QED) is 0.888. The Bertz CT molecular complexity index is 613. The SMILES string of the molecule is N#Cc1cnc(NC2CCc3ccccc3C2)cn1. The molecule has 0 spiro atoms. The molecule has 0 aliphatic heterocycles. The second-order valence-corrected chi connectivity index (χ2v) is 4.75. The van der Waals surface area contributed by atoms with E-state index < -0.39 is 0 Å². The maximum absolute atomic E-state index is 8.69. The lowest BCUT2D eigenvalue weighted by molar-refractivity contribution is 0.608. The van der Waals surface area contributed by atoms with Crippen molar-refractivity contribution in [1.82, 2.24) is 9.97 Å². The smallest absolute Gasteiger partial charge is 0.158 e. The Balaban J connectivity index is 1.70. The monoisotopic (exact) mass is 250 g/mol. The van der Waals surface area contributed by atoms with E-state index in [9.17, 15) is 0 Å². The molecule has 1 aliphatic rings. The summed E-state index contributed by atoms with van der Waals surface area (Å²) in [4.78, 5) is 8.22. The number of hydrogen-bond donors (Lipinski definition) is 1. The van der Waals surface area contributed by atoms with Gasteiger partial charge >= 0.3 is 0 Å². The molecule has 1 atom stereocenters. The molecular weight excluding hydrogens is 236 g/mol. The molecule has 2 aromatic rings. The summed E-state index contributed by atoms with van der Waals surface area (Å²) in [5, 5.41) is 12.1. The molecular formula is C15H14N4. The van der Waals surface area contributed by atoms with Crippen LogP contribution in [-0.4, -0.2) is 16.0 Å². The van der Waals surface area contributed by atoms with Gasteiger partial charge in [-0.2, -0.15) is 5.26 Å². The molecule has 0 bridgehead atoms. The number of nitriles is 1. The van der Waals surface area contributed by atoms with E-state index in [-0.39, 0.29) is 0 Å². The average Bonchev–Trinajstić information content (AvgIpc) is 2.48. The van der Waals surface area contributed by atoms with Crippen molar-refractivity contribution in [1.29, 1.82) is 5.26 Å². The van der Waals surface area contributed by atoms with Crippen LogP contribution in [0.4, 0.5) is 5.82 Å². The summed E-state index contributed by atoms with van der Waals surface area (Å²) < 4.78 is 0. The van der Waals surface area contributed by atoms with Crippen LogP contribution in [0.5, 0.6) is 0 Å². The molecule has 4 heteroatoms. The van der Waals surface area contributed by atoms with Gasteiger partial charge in [-0.25, -0.2) is 9.97 Å². The van der Waals surface area contributed by atoms with Gasteiger partial charge in [-0.1, -0.05) is 24.3 Å². The third-order valence-corrected chi connectivity index (χ3v) is 3.47. The van der Waals surface area contributed by atoms with E-state index in [1.807, 2.05) is 6.07 Å². The number of aromatic nitrogens is 2. The standard InChI is InChI=1S/C15H14N4/c16-8-14-9-18-15(10-17-14)19-13-6-5-11-3-1-2-4-12(11)7-13/h1-4,9-10,13H,5-7H2,(H,18,19). The van der Waals surface area contributed by atoms with Gasteiger partial charge < -0.3 is 5.32 Å². The van der Waals surface area contributed by atoms with Gasteiger partial charge in [-0.3, -0.25) is 0 Å². The van der Waals surface area contributed by atoms with E-state index in [0.29, 0.717) is 11.7 Å². The van der Waals surface area contributed by atoms with Gasteiger partial charge in [0.1, 0.15) is 11.9 Å². The molecule has 1 aromatic carbocycles. The van der Waals surface area contributed by atoms with Crippen LogP contribution in [0, 0.1) is 11.3 Å². The van der Waals surface area contributed by atoms with Crippen LogP contribution in [0.15, 0.2) is 36.7 Å². The van der Waals surface area contributed by atoms with Crippen LogP contribution >= 0.6 is 0 Å². The number of aryl methyl sites for hydroxylation is 1. The summed E-state index contributed by atoms with van der Waals surface area (Å²) >= 11 is 0. The third kappa shape index (κ3) is 2.55. The van der Waals surface area contributed by atoms with Crippen molar-refractivity contribution in [3.8, 4) is 6.07 Å². The highest BCUT2D eigenvalue weighted by atomic mass is 15.0. The molecule has 3 rings (SSSR count). The zero-order valence-electron chi connectivity index (χ0n) is 10.5. The van der Waals surface area contributed by atoms with Crippen LogP contribution in [0.1, 0.15) is 23.2 Å². The summed E-state index contributed by atoms with van der Waals surface area (Å²) in [5.74, 6) is 0.739. The summed E-state index contributed by atoms with van der Waals surface area (Å²) in [7, 11) is 0. The number of benzene rings is 1. The zero-order chi connectivity index (χ0) is 13.1. The normalized spacial score (nSPS) is 17.3. The Morgan fingerprint density at radius 1 is 1.16 bits per heavy atom. The van der Waals surface area contributed by atoms with Crippen molar-refractivity contribution in [3.05, 3.63) is 53.5 Å². The highest BCUT2D eigenvalue weighted by Crippen LogP contribution is 2.22. The number of hydrogen-bond acceptors (Lipinski definition) is 4. The molecule has 1 aliphatic carbocycles. The first-order chi connectivity index (χ1) is 9.35. The lowest BCUT2D eigenvalue weighted by Gasteiger charge is -2.25. The Hall–Kier alpha value is -2.41. The minimum absolute atomic E-state index is 0.347. The lowest BCUT2D eigenvalue weighted by Crippen LogP contribution is -2.27. The number of nitrogens with one attached hydrogen (secondary N) is 1. The van der Waals surface area contributed by atoms with E-state index in [4.69, 9.17) is 5.26 Å². The van der Waals surface area contributed by atoms with Crippen LogP contribution < -0.4 is 5.32 Å². The molecule has 4 nitrogen and oxygen atoms in total. The van der Waals surface area contributed by atoms with Crippen molar-refractivity contribution >= 4 is 5.82 Å². The molecule has 1 heterocycles. The summed E-state index contributed by atoms with van der Waals surface area (Å²) in [6.45, 7) is 0. The van der Waals surface area contributed by atoms with Gasteiger partial charge in [0.15, 0.2) is 5.69 Å². The molecule has 1 aromatic heterocycles. The van der Waals surface area contributed by atoms with Gasteiger partial charge in [-0.15, -0.1) is 0 Å². The molecule has 19 heavy (non-hydrogen) atoms. The van der Waals surface area contributed by atoms with Crippen molar-refractivity contribution in [2.75, 3.05) is 5.32 Å². The molecule has 1 unspecified atom stereocenters. The molecule has 0 saturated carbocycles. The summed E-state index contributed by atoms with van der Waals surface area (Å²) in [6, 6.07) is 10.9. The fourth-order valence-electron chi connectivity index (χ4n) is 2.49. The fourth-order valence-corrected chi connectivity index (χ4v) is 2.49. The van der Waals surface area contributed by atoms with Crippen LogP contribution in [0.2, 0.25) is 0 Å². The molecule has 0 amide bonds. The first kappa shape index (κ1) is 11.7. The molecule has 0 saturated heterocycles. The highest BCUT2D eigenvalue weighted by molar-refractivity contribution is 5.38. The minimum atomic E-state index is 0.347. The van der Waals surface area contributed by atoms with E-state index in [2.05, 4.69) is 39.6 Å². The van der Waals surface area contributed by atoms with Crippen LogP contribution in [-0.2, 0) is 12.8 Å². The predicted octanol–water partition coefficient (Wildman–Crippen LogP) is 2.32. The summed E-state index contributed by atoms with van der Waals surface area (Å²) in [5.41, 5.74) is 3.21. The van der Waals surface area contributed by atoms with Crippen molar-refractivity contribution in [3.63, 3.8) is 0 Å². The zero-order valence-corrected chi connectivity index (χ0v) is 10.5. The van der Waals surface area contributed by atoms with Crippen LogP contribution in [0.25, 0.3) is 0 Å². The van der Waals surface area contributed by atoms with E-state index in [1.54, 1.807) is 6.20 Å². The maximum Gasteiger partial charge on any atom is 0.158 e. The Morgan fingerprint density at radius 3 is 2.74 bits per heavy atom. The predicted molar refractivity (Wildman–Crippen MR) is 72.6 cm³/mol. The van der Waals surface area contributed by atoms with E-state index in [1.165, 1.54) is 17.3 Å². The topological polar surface area (TPSA) is 61.6 Å². The van der Waals surface area contributed by atoms with Crippen molar-refractivity contribution < 1.29 is 0 Å². The van der Waals surface area contributed by atoms with Crippen LogP contribution in [0.3, 0.4) is 0 Å². The van der Waals surface area contributed by atoms with Gasteiger partial charge in [0.25, 0.3) is 0 Å². The molecule has 94 valence electrons. The second kappa shape index (κ2) is 5.07. The lowest BCUT2D eigenvalue weighted by atomic mass is 9.88. The largest absolute Gasteiger partial charge is 0.366 e. The van der Waals surface area contributed by atoms with Gasteiger partial charge in [0.2, 0.25) is 0 Å². The van der Waals surface area contributed by atoms with Gasteiger partial charge in [0.05, 0.1) is 12.4 Å². The molecule has 0 fully saturated rings.